The molecule has 1 N–H and O–H groups in total. The van der Waals surface area contributed by atoms with Crippen LogP contribution in [0.3, 0.4) is 0 Å². The topological polar surface area (TPSA) is 76.1 Å². The van der Waals surface area contributed by atoms with Gasteiger partial charge < -0.3 is 5.32 Å². The number of amides is 1. The fraction of sp³-hybridized carbons (Fsp3) is 0.273. The van der Waals surface area contributed by atoms with Crippen LogP contribution in [0.25, 0.3) is 11.3 Å². The van der Waals surface area contributed by atoms with E-state index in [2.05, 4.69) is 29.4 Å². The first-order valence-corrected chi connectivity index (χ1v) is 12.0. The van der Waals surface area contributed by atoms with Crippen molar-refractivity contribution in [1.82, 2.24) is 4.98 Å². The van der Waals surface area contributed by atoms with Crippen LogP contribution in [0.5, 0.6) is 0 Å². The minimum atomic E-state index is -3.38. The molecular formula is C22H24N2O3S2. The number of sulfone groups is 1. The molecule has 1 amide bonds. The number of carbonyl (C=O) groups is 1. The Labute approximate surface area is 175 Å². The normalized spacial score (nSPS) is 11.4. The van der Waals surface area contributed by atoms with E-state index in [4.69, 9.17) is 0 Å². The van der Waals surface area contributed by atoms with Gasteiger partial charge in [-0.1, -0.05) is 48.9 Å². The van der Waals surface area contributed by atoms with Crippen LogP contribution in [-0.2, 0) is 21.1 Å². The van der Waals surface area contributed by atoms with Crippen LogP contribution in [-0.4, -0.2) is 25.1 Å². The first-order valence-electron chi connectivity index (χ1n) is 9.51. The molecule has 152 valence electrons. The van der Waals surface area contributed by atoms with Crippen LogP contribution < -0.4 is 5.32 Å². The highest BCUT2D eigenvalue weighted by Crippen LogP contribution is 2.25. The number of hydrogen-bond donors (Lipinski definition) is 1. The Morgan fingerprint density at radius 2 is 1.76 bits per heavy atom. The van der Waals surface area contributed by atoms with E-state index < -0.39 is 9.84 Å². The lowest BCUT2D eigenvalue weighted by atomic mass is 10.1. The summed E-state index contributed by atoms with van der Waals surface area (Å²) in [5.41, 5.74) is 4.09. The average Bonchev–Trinajstić information content (AvgIpc) is 3.16. The van der Waals surface area contributed by atoms with Gasteiger partial charge in [-0.2, -0.15) is 0 Å². The molecule has 2 aromatic carbocycles. The van der Waals surface area contributed by atoms with Crippen LogP contribution in [0.15, 0.2) is 58.8 Å². The van der Waals surface area contributed by atoms with Gasteiger partial charge in [-0.3, -0.25) is 4.79 Å². The standard InChI is InChI=1S/C22H24N2O3S2/c1-3-17-8-10-18(11-9-17)20-15-28-22(23-20)24-21(25)5-4-14-29(26,27)19-12-6-16(2)7-13-19/h6-13,15H,3-5,14H2,1-2H3,(H,23,24,25). The maximum absolute atomic E-state index is 12.3. The lowest BCUT2D eigenvalue weighted by Crippen LogP contribution is -2.14. The number of nitrogens with one attached hydrogen (secondary N) is 1. The van der Waals surface area contributed by atoms with E-state index in [1.807, 2.05) is 24.4 Å². The molecule has 0 fully saturated rings. The molecule has 7 heteroatoms. The Morgan fingerprint density at radius 1 is 1.07 bits per heavy atom. The van der Waals surface area contributed by atoms with Crippen molar-refractivity contribution in [1.29, 1.82) is 0 Å². The third-order valence-electron chi connectivity index (χ3n) is 4.61. The van der Waals surface area contributed by atoms with Crippen molar-refractivity contribution >= 4 is 32.2 Å². The maximum atomic E-state index is 12.3. The summed E-state index contributed by atoms with van der Waals surface area (Å²) in [7, 11) is -3.38. The van der Waals surface area contributed by atoms with Crippen molar-refractivity contribution < 1.29 is 13.2 Å². The number of thiazole rings is 1. The number of hydrogen-bond acceptors (Lipinski definition) is 5. The smallest absolute Gasteiger partial charge is 0.226 e. The van der Waals surface area contributed by atoms with Crippen molar-refractivity contribution in [2.75, 3.05) is 11.1 Å². The third kappa shape index (κ3) is 5.74. The van der Waals surface area contributed by atoms with Crippen LogP contribution in [0, 0.1) is 6.92 Å². The second-order valence-corrected chi connectivity index (χ2v) is 9.84. The fourth-order valence-corrected chi connectivity index (χ4v) is 4.89. The van der Waals surface area contributed by atoms with Gasteiger partial charge in [-0.15, -0.1) is 11.3 Å². The molecule has 0 aliphatic heterocycles. The van der Waals surface area contributed by atoms with Gasteiger partial charge in [0.15, 0.2) is 15.0 Å². The van der Waals surface area contributed by atoms with E-state index in [1.165, 1.54) is 16.9 Å². The largest absolute Gasteiger partial charge is 0.302 e. The average molecular weight is 429 g/mol. The van der Waals surface area contributed by atoms with Crippen molar-refractivity contribution in [2.24, 2.45) is 0 Å². The number of aromatic nitrogens is 1. The predicted octanol–water partition coefficient (Wildman–Crippen LogP) is 4.87. The summed E-state index contributed by atoms with van der Waals surface area (Å²) in [5.74, 6) is -0.289. The third-order valence-corrected chi connectivity index (χ3v) is 7.18. The van der Waals surface area contributed by atoms with E-state index in [-0.39, 0.29) is 24.5 Å². The van der Waals surface area contributed by atoms with Gasteiger partial charge in [-0.25, -0.2) is 13.4 Å². The zero-order valence-corrected chi connectivity index (χ0v) is 18.1. The molecule has 3 rings (SSSR count). The molecule has 3 aromatic rings. The molecular weight excluding hydrogens is 404 g/mol. The fourth-order valence-electron chi connectivity index (χ4n) is 2.84. The molecule has 0 radical (unpaired) electrons. The predicted molar refractivity (Wildman–Crippen MR) is 118 cm³/mol. The van der Waals surface area contributed by atoms with Crippen LogP contribution in [0.2, 0.25) is 0 Å². The number of benzene rings is 2. The zero-order valence-electron chi connectivity index (χ0n) is 16.5. The first-order chi connectivity index (χ1) is 13.9. The van der Waals surface area contributed by atoms with Crippen molar-refractivity contribution in [2.45, 2.75) is 38.0 Å². The van der Waals surface area contributed by atoms with Gasteiger partial charge in [0, 0.05) is 17.4 Å². The number of carbonyl (C=O) groups excluding carboxylic acids is 1. The summed E-state index contributed by atoms with van der Waals surface area (Å²) in [6, 6.07) is 14.9. The minimum Gasteiger partial charge on any atom is -0.302 e. The Hall–Kier alpha value is -2.51. The highest BCUT2D eigenvalue weighted by Gasteiger charge is 2.15. The molecule has 0 saturated heterocycles. The van der Waals surface area contributed by atoms with Gasteiger partial charge in [0.1, 0.15) is 0 Å². The molecule has 0 bridgehead atoms. The quantitative estimate of drug-likeness (QED) is 0.555. The Bertz CT molecular complexity index is 1070. The molecule has 29 heavy (non-hydrogen) atoms. The molecule has 0 spiro atoms. The van der Waals surface area contributed by atoms with Gasteiger partial charge in [0.2, 0.25) is 5.91 Å². The minimum absolute atomic E-state index is 0.0591. The monoisotopic (exact) mass is 428 g/mol. The molecule has 0 aliphatic rings. The number of aryl methyl sites for hydroxylation is 2. The molecule has 5 nitrogen and oxygen atoms in total. The number of rotatable bonds is 8. The first kappa shape index (κ1) is 21.2. The zero-order chi connectivity index (χ0) is 20.9. The molecule has 0 atom stereocenters. The number of nitrogens with zero attached hydrogens (tertiary/aromatic N) is 1. The molecule has 0 unspecified atom stereocenters. The highest BCUT2D eigenvalue weighted by molar-refractivity contribution is 7.91. The van der Waals surface area contributed by atoms with Crippen LogP contribution in [0.4, 0.5) is 5.13 Å². The Balaban J connectivity index is 1.52. The Morgan fingerprint density at radius 3 is 2.41 bits per heavy atom. The molecule has 1 aromatic heterocycles. The van der Waals surface area contributed by atoms with Crippen LogP contribution in [0.1, 0.15) is 30.9 Å². The van der Waals surface area contributed by atoms with Gasteiger partial charge >= 0.3 is 0 Å². The van der Waals surface area contributed by atoms with Crippen molar-refractivity contribution in [3.8, 4) is 11.3 Å². The molecule has 0 saturated carbocycles. The summed E-state index contributed by atoms with van der Waals surface area (Å²) in [4.78, 5) is 16.9. The SMILES string of the molecule is CCc1ccc(-c2csc(NC(=O)CCCS(=O)(=O)c3ccc(C)cc3)n2)cc1. The van der Waals surface area contributed by atoms with Gasteiger partial charge in [-0.05, 0) is 37.5 Å². The molecule has 1 heterocycles. The van der Waals surface area contributed by atoms with Crippen LogP contribution >= 0.6 is 11.3 Å². The summed E-state index contributed by atoms with van der Waals surface area (Å²) in [5, 5.41) is 5.18. The lowest BCUT2D eigenvalue weighted by Gasteiger charge is -2.05. The van der Waals surface area contributed by atoms with E-state index in [1.54, 1.807) is 24.3 Å². The van der Waals surface area contributed by atoms with Gasteiger partial charge in [0.05, 0.1) is 16.3 Å². The summed E-state index contributed by atoms with van der Waals surface area (Å²) in [6.07, 6.45) is 1.38. The van der Waals surface area contributed by atoms with Crippen molar-refractivity contribution in [3.63, 3.8) is 0 Å². The van der Waals surface area contributed by atoms with E-state index >= 15 is 0 Å². The van der Waals surface area contributed by atoms with E-state index in [0.717, 1.165) is 23.2 Å². The highest BCUT2D eigenvalue weighted by atomic mass is 32.2. The molecule has 0 aliphatic carbocycles. The summed E-state index contributed by atoms with van der Waals surface area (Å²) in [6.45, 7) is 4.02. The Kier molecular flexibility index (Phi) is 6.82. The second-order valence-electron chi connectivity index (χ2n) is 6.87. The van der Waals surface area contributed by atoms with E-state index in [9.17, 15) is 13.2 Å². The van der Waals surface area contributed by atoms with E-state index in [0.29, 0.717) is 10.0 Å². The second kappa shape index (κ2) is 9.33. The summed E-state index contributed by atoms with van der Waals surface area (Å²) < 4.78 is 24.7. The van der Waals surface area contributed by atoms with Crippen molar-refractivity contribution in [3.05, 3.63) is 65.0 Å². The summed E-state index contributed by atoms with van der Waals surface area (Å²) >= 11 is 1.36. The maximum Gasteiger partial charge on any atom is 0.226 e. The number of anilines is 1. The van der Waals surface area contributed by atoms with Gasteiger partial charge in [0.25, 0.3) is 0 Å². The lowest BCUT2D eigenvalue weighted by molar-refractivity contribution is -0.116.